The predicted octanol–water partition coefficient (Wildman–Crippen LogP) is 7.19. The van der Waals surface area contributed by atoms with Crippen molar-refractivity contribution in [1.29, 1.82) is 0 Å². The van der Waals surface area contributed by atoms with Crippen molar-refractivity contribution in [2.75, 3.05) is 11.9 Å². The number of carboxylic acid groups (broad SMARTS) is 1. The van der Waals surface area contributed by atoms with Gasteiger partial charge in [-0.1, -0.05) is 65.1 Å². The zero-order valence-electron chi connectivity index (χ0n) is 19.5. The third-order valence-electron chi connectivity index (χ3n) is 5.61. The molecule has 0 spiro atoms. The molecule has 3 N–H and O–H groups in total. The van der Waals surface area contributed by atoms with E-state index >= 15 is 0 Å². The number of carbonyl (C=O) groups is 2. The van der Waals surface area contributed by atoms with Gasteiger partial charge in [-0.15, -0.1) is 0 Å². The number of nitrogens with one attached hydrogen (secondary N) is 2. The zero-order valence-corrected chi connectivity index (χ0v) is 21.7. The summed E-state index contributed by atoms with van der Waals surface area (Å²) in [5.74, 6) is -1.41. The van der Waals surface area contributed by atoms with Gasteiger partial charge < -0.3 is 15.7 Å². The average molecular weight is 555 g/mol. The largest absolute Gasteiger partial charge is 0.481 e. The average Bonchev–Trinajstić information content (AvgIpc) is 2.88. The van der Waals surface area contributed by atoms with E-state index in [1.165, 1.54) is 0 Å². The molecule has 0 atom stereocenters. The van der Waals surface area contributed by atoms with Crippen molar-refractivity contribution in [2.45, 2.75) is 13.0 Å². The van der Waals surface area contributed by atoms with Crippen molar-refractivity contribution < 1.29 is 14.7 Å². The highest BCUT2D eigenvalue weighted by atomic mass is 35.5. The first kappa shape index (κ1) is 26.5. The van der Waals surface area contributed by atoms with Gasteiger partial charge in [0.1, 0.15) is 5.69 Å². The molecule has 0 unspecified atom stereocenters. The third-order valence-corrected chi connectivity index (χ3v) is 6.41. The van der Waals surface area contributed by atoms with Gasteiger partial charge in [0.25, 0.3) is 5.91 Å². The normalized spacial score (nSPS) is 10.7. The summed E-state index contributed by atoms with van der Waals surface area (Å²) in [5.41, 5.74) is 5.58. The second kappa shape index (κ2) is 12.1. The lowest BCUT2D eigenvalue weighted by Gasteiger charge is -2.14. The van der Waals surface area contributed by atoms with Crippen LogP contribution in [0, 0.1) is 0 Å². The fourth-order valence-corrected chi connectivity index (χ4v) is 4.31. The van der Waals surface area contributed by atoms with Crippen LogP contribution in [0.5, 0.6) is 0 Å². The van der Waals surface area contributed by atoms with E-state index in [1.807, 2.05) is 60.7 Å². The molecule has 37 heavy (non-hydrogen) atoms. The molecule has 6 nitrogen and oxygen atoms in total. The van der Waals surface area contributed by atoms with Crippen LogP contribution in [-0.4, -0.2) is 28.5 Å². The Morgan fingerprint density at radius 2 is 1.54 bits per heavy atom. The minimum atomic E-state index is -0.981. The lowest BCUT2D eigenvalue weighted by molar-refractivity contribution is -0.136. The number of amides is 1. The molecule has 1 heterocycles. The van der Waals surface area contributed by atoms with Gasteiger partial charge in [0.05, 0.1) is 11.4 Å². The molecular weight excluding hydrogens is 533 g/mol. The van der Waals surface area contributed by atoms with E-state index in [1.54, 1.807) is 18.3 Å². The number of carbonyl (C=O) groups excluding carboxylic acids is 1. The highest BCUT2D eigenvalue weighted by Gasteiger charge is 2.12. The SMILES string of the molecule is O=C(O)CCNC(=O)c1ccc(-c2cc(Cl)ccc2CNc2ccc(-c3ccc(Cl)cc3)c(Cl)c2)cn1. The maximum atomic E-state index is 12.2. The predicted molar refractivity (Wildman–Crippen MR) is 148 cm³/mol. The first-order chi connectivity index (χ1) is 17.8. The first-order valence-electron chi connectivity index (χ1n) is 11.3. The van der Waals surface area contributed by atoms with Gasteiger partial charge in [-0.25, -0.2) is 0 Å². The molecule has 9 heteroatoms. The minimum absolute atomic E-state index is 0.0341. The number of nitrogens with zero attached hydrogens (tertiary/aromatic N) is 1. The van der Waals surface area contributed by atoms with Crippen LogP contribution in [0.3, 0.4) is 0 Å². The molecule has 1 aromatic heterocycles. The maximum Gasteiger partial charge on any atom is 0.305 e. The Hall–Kier alpha value is -3.58. The molecule has 0 aliphatic heterocycles. The first-order valence-corrected chi connectivity index (χ1v) is 12.5. The molecule has 0 bridgehead atoms. The summed E-state index contributed by atoms with van der Waals surface area (Å²) >= 11 is 18.8. The molecule has 1 amide bonds. The standard InChI is InChI=1S/C28H22Cl3N3O3/c29-20-5-1-17(2-6-20)23-9-8-22(14-25(23)31)33-15-18-3-7-21(30)13-24(18)19-4-10-26(34-16-19)28(37)32-12-11-27(35)36/h1-10,13-14,16,33H,11-12,15H2,(H,32,37)(H,35,36). The van der Waals surface area contributed by atoms with Gasteiger partial charge in [0, 0.05) is 46.1 Å². The number of rotatable bonds is 9. The molecule has 0 aliphatic rings. The second-order valence-corrected chi connectivity index (χ2v) is 9.47. The number of aliphatic carboxylic acids is 1. The van der Waals surface area contributed by atoms with Crippen molar-refractivity contribution >= 4 is 52.4 Å². The van der Waals surface area contributed by atoms with Gasteiger partial charge in [-0.3, -0.25) is 14.6 Å². The smallest absolute Gasteiger partial charge is 0.305 e. The van der Waals surface area contributed by atoms with E-state index in [0.29, 0.717) is 21.6 Å². The van der Waals surface area contributed by atoms with Crippen molar-refractivity contribution in [3.63, 3.8) is 0 Å². The van der Waals surface area contributed by atoms with E-state index < -0.39 is 11.9 Å². The summed E-state index contributed by atoms with van der Waals surface area (Å²) in [6.07, 6.45) is 1.44. The molecule has 188 valence electrons. The van der Waals surface area contributed by atoms with Gasteiger partial charge in [-0.2, -0.15) is 0 Å². The van der Waals surface area contributed by atoms with E-state index in [2.05, 4.69) is 15.6 Å². The van der Waals surface area contributed by atoms with Crippen molar-refractivity contribution in [3.05, 3.63) is 105 Å². The van der Waals surface area contributed by atoms with E-state index in [0.717, 1.165) is 33.5 Å². The van der Waals surface area contributed by atoms with Gasteiger partial charge >= 0.3 is 5.97 Å². The molecule has 3 aromatic carbocycles. The van der Waals surface area contributed by atoms with Gasteiger partial charge in [0.2, 0.25) is 0 Å². The second-order valence-electron chi connectivity index (χ2n) is 8.19. The summed E-state index contributed by atoms with van der Waals surface area (Å²) in [7, 11) is 0. The summed E-state index contributed by atoms with van der Waals surface area (Å²) in [6, 6.07) is 22.3. The molecule has 4 aromatic rings. The fraction of sp³-hybridized carbons (Fsp3) is 0.107. The van der Waals surface area contributed by atoms with Crippen LogP contribution in [0.1, 0.15) is 22.5 Å². The summed E-state index contributed by atoms with van der Waals surface area (Å²) in [4.78, 5) is 27.1. The van der Waals surface area contributed by atoms with Crippen LogP contribution in [0.15, 0.2) is 79.0 Å². The van der Waals surface area contributed by atoms with E-state index in [4.69, 9.17) is 39.9 Å². The molecule has 4 rings (SSSR count). The lowest BCUT2D eigenvalue weighted by atomic mass is 10.0. The van der Waals surface area contributed by atoms with Crippen LogP contribution in [0.25, 0.3) is 22.3 Å². The van der Waals surface area contributed by atoms with Crippen molar-refractivity contribution in [2.24, 2.45) is 0 Å². The number of pyridine rings is 1. The molecule has 0 radical (unpaired) electrons. The topological polar surface area (TPSA) is 91.3 Å². The number of aromatic nitrogens is 1. The fourth-order valence-electron chi connectivity index (χ4n) is 3.72. The highest BCUT2D eigenvalue weighted by Crippen LogP contribution is 2.32. The minimum Gasteiger partial charge on any atom is -0.481 e. The summed E-state index contributed by atoms with van der Waals surface area (Å²) in [6.45, 7) is 0.535. The molecule has 0 fully saturated rings. The molecule has 0 aliphatic carbocycles. The molecule has 0 saturated heterocycles. The number of hydrogen-bond acceptors (Lipinski definition) is 4. The zero-order chi connectivity index (χ0) is 26.4. The Morgan fingerprint density at radius 3 is 2.22 bits per heavy atom. The van der Waals surface area contributed by atoms with E-state index in [9.17, 15) is 9.59 Å². The number of halogens is 3. The Morgan fingerprint density at radius 1 is 0.811 bits per heavy atom. The van der Waals surface area contributed by atoms with E-state index in [-0.39, 0.29) is 18.7 Å². The Labute approximate surface area is 229 Å². The number of carboxylic acids is 1. The maximum absolute atomic E-state index is 12.2. The summed E-state index contributed by atoms with van der Waals surface area (Å²) in [5, 5.41) is 16.5. The van der Waals surface area contributed by atoms with Gasteiger partial charge in [-0.05, 0) is 59.2 Å². The summed E-state index contributed by atoms with van der Waals surface area (Å²) < 4.78 is 0. The third kappa shape index (κ3) is 7.01. The highest BCUT2D eigenvalue weighted by molar-refractivity contribution is 6.34. The van der Waals surface area contributed by atoms with Crippen LogP contribution in [-0.2, 0) is 11.3 Å². The van der Waals surface area contributed by atoms with Crippen molar-refractivity contribution in [3.8, 4) is 22.3 Å². The van der Waals surface area contributed by atoms with Crippen LogP contribution >= 0.6 is 34.8 Å². The quantitative estimate of drug-likeness (QED) is 0.204. The molecule has 0 saturated carbocycles. The number of anilines is 1. The monoisotopic (exact) mass is 553 g/mol. The van der Waals surface area contributed by atoms with Gasteiger partial charge in [0.15, 0.2) is 0 Å². The van der Waals surface area contributed by atoms with Crippen LogP contribution in [0.2, 0.25) is 15.1 Å². The Bertz CT molecular complexity index is 1430. The Balaban J connectivity index is 1.48. The van der Waals surface area contributed by atoms with Crippen LogP contribution < -0.4 is 10.6 Å². The number of hydrogen-bond donors (Lipinski definition) is 3. The lowest BCUT2D eigenvalue weighted by Crippen LogP contribution is -2.26. The van der Waals surface area contributed by atoms with Crippen LogP contribution in [0.4, 0.5) is 5.69 Å². The Kier molecular flexibility index (Phi) is 8.66. The molecular formula is C28H22Cl3N3O3. The van der Waals surface area contributed by atoms with Crippen molar-refractivity contribution in [1.82, 2.24) is 10.3 Å². The number of benzene rings is 3.